The average molecular weight is 275 g/mol. The molecule has 1 aromatic rings. The second-order valence-electron chi connectivity index (χ2n) is 2.64. The minimum absolute atomic E-state index is 0.273. The Morgan fingerprint density at radius 1 is 1.43 bits per heavy atom. The standard InChI is InChI=1S/C9H11BrN2OS/c10-7-1-3-8(4-2-7)14-6-5-9(11)12-13/h1-4,13H,5-6H2,(H2,11,12). The molecule has 14 heavy (non-hydrogen) atoms. The van der Waals surface area contributed by atoms with E-state index in [1.54, 1.807) is 11.8 Å². The van der Waals surface area contributed by atoms with Gasteiger partial charge in [0, 0.05) is 21.5 Å². The SMILES string of the molecule is N/C(CCSc1ccc(Br)cc1)=N\O. The maximum Gasteiger partial charge on any atom is 0.139 e. The van der Waals surface area contributed by atoms with Crippen molar-refractivity contribution in [3.8, 4) is 0 Å². The molecule has 76 valence electrons. The van der Waals surface area contributed by atoms with Gasteiger partial charge in [0.25, 0.3) is 0 Å². The lowest BCUT2D eigenvalue weighted by Gasteiger charge is -2.00. The van der Waals surface area contributed by atoms with E-state index >= 15 is 0 Å². The third kappa shape index (κ3) is 4.02. The van der Waals surface area contributed by atoms with E-state index in [4.69, 9.17) is 10.9 Å². The van der Waals surface area contributed by atoms with Gasteiger partial charge in [-0.15, -0.1) is 11.8 Å². The highest BCUT2D eigenvalue weighted by Crippen LogP contribution is 2.20. The minimum Gasteiger partial charge on any atom is -0.409 e. The molecule has 0 amide bonds. The first-order valence-corrected chi connectivity index (χ1v) is 5.85. The summed E-state index contributed by atoms with van der Waals surface area (Å²) in [6.45, 7) is 0. The summed E-state index contributed by atoms with van der Waals surface area (Å²) in [6, 6.07) is 8.04. The molecule has 0 aliphatic heterocycles. The van der Waals surface area contributed by atoms with E-state index in [9.17, 15) is 0 Å². The molecule has 3 nitrogen and oxygen atoms in total. The fraction of sp³-hybridized carbons (Fsp3) is 0.222. The van der Waals surface area contributed by atoms with Crippen molar-refractivity contribution in [2.75, 3.05) is 5.75 Å². The minimum atomic E-state index is 0.273. The van der Waals surface area contributed by atoms with E-state index in [2.05, 4.69) is 21.1 Å². The molecular weight excluding hydrogens is 264 g/mol. The van der Waals surface area contributed by atoms with Gasteiger partial charge in [-0.05, 0) is 24.3 Å². The number of halogens is 1. The lowest BCUT2D eigenvalue weighted by atomic mass is 10.4. The second kappa shape index (κ2) is 5.93. The summed E-state index contributed by atoms with van der Waals surface area (Å²) >= 11 is 5.05. The molecule has 3 N–H and O–H groups in total. The van der Waals surface area contributed by atoms with E-state index in [0.717, 1.165) is 10.2 Å². The van der Waals surface area contributed by atoms with Gasteiger partial charge in [-0.2, -0.15) is 0 Å². The van der Waals surface area contributed by atoms with Gasteiger partial charge >= 0.3 is 0 Å². The van der Waals surface area contributed by atoms with Gasteiger partial charge in [-0.3, -0.25) is 0 Å². The quantitative estimate of drug-likeness (QED) is 0.292. The van der Waals surface area contributed by atoms with E-state index in [-0.39, 0.29) is 5.84 Å². The number of hydrogen-bond donors (Lipinski definition) is 2. The third-order valence-electron chi connectivity index (χ3n) is 1.57. The average Bonchev–Trinajstić information content (AvgIpc) is 2.21. The molecule has 0 unspecified atom stereocenters. The summed E-state index contributed by atoms with van der Waals surface area (Å²) in [5, 5.41) is 11.2. The van der Waals surface area contributed by atoms with Crippen molar-refractivity contribution < 1.29 is 5.21 Å². The van der Waals surface area contributed by atoms with E-state index in [0.29, 0.717) is 6.42 Å². The number of nitrogens with two attached hydrogens (primary N) is 1. The Morgan fingerprint density at radius 2 is 2.07 bits per heavy atom. The van der Waals surface area contributed by atoms with E-state index < -0.39 is 0 Å². The van der Waals surface area contributed by atoms with Crippen LogP contribution in [0.25, 0.3) is 0 Å². The zero-order chi connectivity index (χ0) is 10.4. The molecule has 0 saturated heterocycles. The zero-order valence-electron chi connectivity index (χ0n) is 7.48. The molecule has 1 rings (SSSR count). The number of amidine groups is 1. The Hall–Kier alpha value is -0.680. The molecule has 0 aromatic heterocycles. The van der Waals surface area contributed by atoms with Crippen molar-refractivity contribution in [2.24, 2.45) is 10.9 Å². The zero-order valence-corrected chi connectivity index (χ0v) is 9.88. The van der Waals surface area contributed by atoms with Crippen molar-refractivity contribution in [2.45, 2.75) is 11.3 Å². The second-order valence-corrected chi connectivity index (χ2v) is 4.73. The van der Waals surface area contributed by atoms with Crippen LogP contribution in [0.4, 0.5) is 0 Å². The summed E-state index contributed by atoms with van der Waals surface area (Å²) in [4.78, 5) is 1.18. The summed E-state index contributed by atoms with van der Waals surface area (Å²) < 4.78 is 1.07. The monoisotopic (exact) mass is 274 g/mol. The van der Waals surface area contributed by atoms with Crippen LogP contribution in [0.3, 0.4) is 0 Å². The van der Waals surface area contributed by atoms with Crippen molar-refractivity contribution in [1.82, 2.24) is 0 Å². The number of thioether (sulfide) groups is 1. The van der Waals surface area contributed by atoms with Gasteiger partial charge in [0.1, 0.15) is 5.84 Å². The smallest absolute Gasteiger partial charge is 0.139 e. The molecule has 5 heteroatoms. The highest BCUT2D eigenvalue weighted by molar-refractivity contribution is 9.10. The van der Waals surface area contributed by atoms with Crippen molar-refractivity contribution in [3.63, 3.8) is 0 Å². The number of benzene rings is 1. The normalized spacial score (nSPS) is 11.6. The largest absolute Gasteiger partial charge is 0.409 e. The van der Waals surface area contributed by atoms with Crippen LogP contribution in [0, 0.1) is 0 Å². The van der Waals surface area contributed by atoms with E-state index in [1.807, 2.05) is 24.3 Å². The van der Waals surface area contributed by atoms with Crippen molar-refractivity contribution in [1.29, 1.82) is 0 Å². The Labute approximate surface area is 95.5 Å². The molecule has 0 bridgehead atoms. The maximum atomic E-state index is 8.32. The summed E-state index contributed by atoms with van der Waals surface area (Å²) in [5.41, 5.74) is 5.34. The highest BCUT2D eigenvalue weighted by Gasteiger charge is 1.96. The molecule has 0 heterocycles. The van der Waals surface area contributed by atoms with Crippen LogP contribution in [-0.4, -0.2) is 16.8 Å². The van der Waals surface area contributed by atoms with Crippen LogP contribution >= 0.6 is 27.7 Å². The molecule has 0 saturated carbocycles. The number of hydrogen-bond acceptors (Lipinski definition) is 3. The fourth-order valence-corrected chi connectivity index (χ4v) is 1.99. The summed E-state index contributed by atoms with van der Waals surface area (Å²) in [7, 11) is 0. The van der Waals surface area contributed by atoms with Crippen LogP contribution in [-0.2, 0) is 0 Å². The molecular formula is C9H11BrN2OS. The predicted molar refractivity (Wildman–Crippen MR) is 62.9 cm³/mol. The first-order chi connectivity index (χ1) is 6.72. The van der Waals surface area contributed by atoms with Gasteiger partial charge in [0.2, 0.25) is 0 Å². The molecule has 0 aliphatic carbocycles. The van der Waals surface area contributed by atoms with Crippen LogP contribution in [0.15, 0.2) is 38.8 Å². The Balaban J connectivity index is 2.35. The van der Waals surface area contributed by atoms with Crippen LogP contribution in [0.2, 0.25) is 0 Å². The van der Waals surface area contributed by atoms with Gasteiger partial charge in [0.05, 0.1) is 0 Å². The van der Waals surface area contributed by atoms with Crippen LogP contribution in [0.5, 0.6) is 0 Å². The third-order valence-corrected chi connectivity index (χ3v) is 3.11. The Bertz CT molecular complexity index is 313. The molecule has 1 aromatic carbocycles. The number of oxime groups is 1. The Morgan fingerprint density at radius 3 is 2.64 bits per heavy atom. The Kier molecular flexibility index (Phi) is 4.82. The van der Waals surface area contributed by atoms with Crippen LogP contribution < -0.4 is 5.73 Å². The summed E-state index contributed by atoms with van der Waals surface area (Å²) in [5.74, 6) is 1.09. The maximum absolute atomic E-state index is 8.32. The van der Waals surface area contributed by atoms with Crippen molar-refractivity contribution in [3.05, 3.63) is 28.7 Å². The summed E-state index contributed by atoms with van der Waals surface area (Å²) in [6.07, 6.45) is 0.594. The molecule has 0 spiro atoms. The topological polar surface area (TPSA) is 58.6 Å². The highest BCUT2D eigenvalue weighted by atomic mass is 79.9. The van der Waals surface area contributed by atoms with E-state index in [1.165, 1.54) is 4.90 Å². The first-order valence-electron chi connectivity index (χ1n) is 4.07. The molecule has 0 radical (unpaired) electrons. The lowest BCUT2D eigenvalue weighted by molar-refractivity contribution is 0.317. The fourth-order valence-electron chi connectivity index (χ4n) is 0.854. The number of rotatable bonds is 4. The molecule has 0 aliphatic rings. The molecule has 0 fully saturated rings. The van der Waals surface area contributed by atoms with Crippen molar-refractivity contribution >= 4 is 33.5 Å². The lowest BCUT2D eigenvalue weighted by Crippen LogP contribution is -2.11. The van der Waals surface area contributed by atoms with Gasteiger partial charge in [-0.25, -0.2) is 0 Å². The molecule has 0 atom stereocenters. The van der Waals surface area contributed by atoms with Crippen LogP contribution in [0.1, 0.15) is 6.42 Å². The predicted octanol–water partition coefficient (Wildman–Crippen LogP) is 2.68. The van der Waals surface area contributed by atoms with Gasteiger partial charge < -0.3 is 10.9 Å². The van der Waals surface area contributed by atoms with Gasteiger partial charge in [-0.1, -0.05) is 21.1 Å². The van der Waals surface area contributed by atoms with Gasteiger partial charge in [0.15, 0.2) is 0 Å². The first kappa shape index (κ1) is 11.4. The number of nitrogens with zero attached hydrogens (tertiary/aromatic N) is 1.